The number of hydrogen-bond acceptors (Lipinski definition) is 7. The van der Waals surface area contributed by atoms with Gasteiger partial charge in [-0.3, -0.25) is 4.79 Å². The van der Waals surface area contributed by atoms with E-state index in [0.717, 1.165) is 20.1 Å². The number of rotatable bonds is 4. The second-order valence-corrected chi connectivity index (χ2v) is 8.90. The molecule has 0 bridgehead atoms. The fourth-order valence-electron chi connectivity index (χ4n) is 3.21. The van der Waals surface area contributed by atoms with Gasteiger partial charge in [-0.05, 0) is 38.1 Å². The number of benzene rings is 1. The van der Waals surface area contributed by atoms with Crippen molar-refractivity contribution < 1.29 is 19.1 Å². The summed E-state index contributed by atoms with van der Waals surface area (Å²) in [6.45, 7) is 4.63. The van der Waals surface area contributed by atoms with Crippen LogP contribution < -0.4 is 0 Å². The molecule has 0 unspecified atom stereocenters. The minimum atomic E-state index is -0.486. The summed E-state index contributed by atoms with van der Waals surface area (Å²) in [4.78, 5) is 32.4. The average Bonchev–Trinajstić information content (AvgIpc) is 3.31. The highest BCUT2D eigenvalue weighted by molar-refractivity contribution is 7.26. The lowest BCUT2D eigenvalue weighted by atomic mass is 10.2. The molecular weight excluding hydrogens is 396 g/mol. The zero-order valence-corrected chi connectivity index (χ0v) is 17.2. The molecule has 0 saturated carbocycles. The number of fused-ring (bicyclic) bond motifs is 1. The van der Waals surface area contributed by atoms with Gasteiger partial charge in [0.15, 0.2) is 6.61 Å². The van der Waals surface area contributed by atoms with Gasteiger partial charge in [-0.25, -0.2) is 9.78 Å². The van der Waals surface area contributed by atoms with Crippen LogP contribution >= 0.6 is 22.7 Å². The topological polar surface area (TPSA) is 68.7 Å². The Hall–Kier alpha value is -2.29. The Morgan fingerprint density at radius 3 is 2.64 bits per heavy atom. The third kappa shape index (κ3) is 4.09. The zero-order valence-electron chi connectivity index (χ0n) is 15.6. The molecule has 1 aromatic carbocycles. The molecular formula is C20H20N2O4S2. The Labute approximate surface area is 170 Å². The highest BCUT2D eigenvalue weighted by Gasteiger charge is 2.26. The van der Waals surface area contributed by atoms with Crippen LogP contribution in [0.1, 0.15) is 23.5 Å². The molecule has 1 saturated heterocycles. The van der Waals surface area contributed by atoms with Crippen molar-refractivity contribution in [2.45, 2.75) is 26.1 Å². The summed E-state index contributed by atoms with van der Waals surface area (Å²) in [6.07, 6.45) is -0.0332. The highest BCUT2D eigenvalue weighted by atomic mass is 32.1. The smallest absolute Gasteiger partial charge is 0.348 e. The Morgan fingerprint density at radius 1 is 1.14 bits per heavy atom. The number of thiazole rings is 1. The molecule has 8 heteroatoms. The van der Waals surface area contributed by atoms with E-state index in [0.29, 0.717) is 18.0 Å². The summed E-state index contributed by atoms with van der Waals surface area (Å²) < 4.78 is 12.0. The van der Waals surface area contributed by atoms with Crippen LogP contribution in [0.2, 0.25) is 0 Å². The molecule has 2 aromatic heterocycles. The maximum Gasteiger partial charge on any atom is 0.348 e. The Morgan fingerprint density at radius 2 is 1.89 bits per heavy atom. The lowest BCUT2D eigenvalue weighted by Gasteiger charge is -2.35. The molecule has 0 radical (unpaired) electrons. The first-order chi connectivity index (χ1) is 13.5. The van der Waals surface area contributed by atoms with E-state index in [2.05, 4.69) is 4.98 Å². The number of para-hydroxylation sites is 1. The van der Waals surface area contributed by atoms with Crippen molar-refractivity contribution in [3.05, 3.63) is 41.3 Å². The van der Waals surface area contributed by atoms with E-state index in [-0.39, 0.29) is 24.7 Å². The predicted molar refractivity (Wildman–Crippen MR) is 110 cm³/mol. The van der Waals surface area contributed by atoms with Crippen molar-refractivity contribution in [1.82, 2.24) is 9.88 Å². The second kappa shape index (κ2) is 7.98. The summed E-state index contributed by atoms with van der Waals surface area (Å²) in [5.74, 6) is -0.682. The van der Waals surface area contributed by atoms with Crippen molar-refractivity contribution in [2.75, 3.05) is 19.7 Å². The normalized spacial score (nSPS) is 19.7. The van der Waals surface area contributed by atoms with E-state index in [4.69, 9.17) is 9.47 Å². The van der Waals surface area contributed by atoms with Crippen molar-refractivity contribution in [2.24, 2.45) is 0 Å². The van der Waals surface area contributed by atoms with E-state index in [1.54, 1.807) is 22.3 Å². The summed E-state index contributed by atoms with van der Waals surface area (Å²) in [7, 11) is 0. The number of hydrogen-bond donors (Lipinski definition) is 0. The number of carbonyl (C=O) groups excluding carboxylic acids is 2. The Balaban J connectivity index is 1.38. The predicted octanol–water partition coefficient (Wildman–Crippen LogP) is 3.82. The van der Waals surface area contributed by atoms with Crippen LogP contribution in [-0.4, -0.2) is 53.7 Å². The third-order valence-electron chi connectivity index (χ3n) is 4.41. The van der Waals surface area contributed by atoms with Crippen LogP contribution in [0.4, 0.5) is 0 Å². The van der Waals surface area contributed by atoms with Crippen molar-refractivity contribution in [3.63, 3.8) is 0 Å². The van der Waals surface area contributed by atoms with Gasteiger partial charge >= 0.3 is 5.97 Å². The largest absolute Gasteiger partial charge is 0.451 e. The first-order valence-electron chi connectivity index (χ1n) is 9.06. The van der Waals surface area contributed by atoms with Crippen LogP contribution in [-0.2, 0) is 14.3 Å². The number of morpholine rings is 1. The number of esters is 1. The van der Waals surface area contributed by atoms with E-state index >= 15 is 0 Å². The van der Waals surface area contributed by atoms with Crippen molar-refractivity contribution in [3.8, 4) is 9.88 Å². The summed E-state index contributed by atoms with van der Waals surface area (Å²) in [6, 6.07) is 11.5. The van der Waals surface area contributed by atoms with Gasteiger partial charge in [0.1, 0.15) is 9.88 Å². The van der Waals surface area contributed by atoms with Crippen LogP contribution in [0, 0.1) is 0 Å². The minimum absolute atomic E-state index is 0.0166. The molecule has 3 heterocycles. The summed E-state index contributed by atoms with van der Waals surface area (Å²) in [5, 5.41) is 0.873. The van der Waals surface area contributed by atoms with Gasteiger partial charge in [0.25, 0.3) is 5.91 Å². The van der Waals surface area contributed by atoms with E-state index < -0.39 is 5.97 Å². The van der Waals surface area contributed by atoms with Gasteiger partial charge in [-0.15, -0.1) is 22.7 Å². The number of nitrogens with zero attached hydrogens (tertiary/aromatic N) is 2. The van der Waals surface area contributed by atoms with Gasteiger partial charge in [0.05, 0.1) is 27.3 Å². The number of thiophene rings is 1. The molecule has 1 aliphatic heterocycles. The minimum Gasteiger partial charge on any atom is -0.451 e. The van der Waals surface area contributed by atoms with Crippen LogP contribution in [0.25, 0.3) is 20.1 Å². The zero-order chi connectivity index (χ0) is 19.7. The number of carbonyl (C=O) groups is 2. The second-order valence-electron chi connectivity index (χ2n) is 6.78. The summed E-state index contributed by atoms with van der Waals surface area (Å²) in [5.41, 5.74) is 0.944. The van der Waals surface area contributed by atoms with Gasteiger partial charge < -0.3 is 14.4 Å². The van der Waals surface area contributed by atoms with E-state index in [9.17, 15) is 9.59 Å². The van der Waals surface area contributed by atoms with Crippen molar-refractivity contribution >= 4 is 44.8 Å². The third-order valence-corrected chi connectivity index (χ3v) is 6.68. The fraction of sp³-hybridized carbons (Fsp3) is 0.350. The fourth-order valence-corrected chi connectivity index (χ4v) is 5.13. The molecule has 0 spiro atoms. The lowest BCUT2D eigenvalue weighted by Crippen LogP contribution is -2.49. The van der Waals surface area contributed by atoms with Gasteiger partial charge in [-0.2, -0.15) is 0 Å². The van der Waals surface area contributed by atoms with Crippen LogP contribution in [0.3, 0.4) is 0 Å². The van der Waals surface area contributed by atoms with E-state index in [1.807, 2.05) is 44.2 Å². The molecule has 0 aliphatic carbocycles. The standard InChI is InChI=1S/C20H20N2O4S2/c1-12-9-22(10-13(2)26-12)18(23)11-25-20(24)17-8-7-16(27-17)19-21-14-5-3-4-6-15(14)28-19/h3-8,12-13H,9-11H2,1-2H3/t12-,13-/m0/s1. The first kappa shape index (κ1) is 19.0. The van der Waals surface area contributed by atoms with E-state index in [1.165, 1.54) is 11.3 Å². The monoisotopic (exact) mass is 416 g/mol. The molecule has 28 heavy (non-hydrogen) atoms. The molecule has 0 N–H and O–H groups in total. The molecule has 6 nitrogen and oxygen atoms in total. The molecule has 1 amide bonds. The molecule has 146 valence electrons. The summed E-state index contributed by atoms with van der Waals surface area (Å²) >= 11 is 2.91. The quantitative estimate of drug-likeness (QED) is 0.605. The number of aromatic nitrogens is 1. The van der Waals surface area contributed by atoms with Gasteiger partial charge in [0, 0.05) is 13.1 Å². The van der Waals surface area contributed by atoms with Gasteiger partial charge in [-0.1, -0.05) is 12.1 Å². The lowest BCUT2D eigenvalue weighted by molar-refractivity contribution is -0.146. The van der Waals surface area contributed by atoms with Crippen LogP contribution in [0.5, 0.6) is 0 Å². The van der Waals surface area contributed by atoms with Gasteiger partial charge in [0.2, 0.25) is 0 Å². The van der Waals surface area contributed by atoms with Crippen molar-refractivity contribution in [1.29, 1.82) is 0 Å². The maximum absolute atomic E-state index is 12.4. The molecule has 1 aliphatic rings. The molecule has 3 aromatic rings. The SMILES string of the molecule is C[C@H]1CN(C(=O)COC(=O)c2ccc(-c3nc4ccccc4s3)s2)C[C@H](C)O1. The Bertz CT molecular complexity index is 969. The first-order valence-corrected chi connectivity index (χ1v) is 10.7. The number of amides is 1. The number of ether oxygens (including phenoxy) is 2. The van der Waals surface area contributed by atoms with Crippen LogP contribution in [0.15, 0.2) is 36.4 Å². The molecule has 1 fully saturated rings. The average molecular weight is 417 g/mol. The molecule has 4 rings (SSSR count). The Kier molecular flexibility index (Phi) is 5.43. The highest BCUT2D eigenvalue weighted by Crippen LogP contribution is 2.34. The molecule has 2 atom stereocenters. The maximum atomic E-state index is 12.4.